The van der Waals surface area contributed by atoms with Gasteiger partial charge in [0.1, 0.15) is 0 Å². The summed E-state index contributed by atoms with van der Waals surface area (Å²) in [7, 11) is 4.22. The van der Waals surface area contributed by atoms with Gasteiger partial charge in [-0.05, 0) is 25.3 Å². The minimum absolute atomic E-state index is 0.559. The van der Waals surface area contributed by atoms with E-state index in [4.69, 9.17) is 0 Å². The second kappa shape index (κ2) is 3.63. The summed E-state index contributed by atoms with van der Waals surface area (Å²) in [6.45, 7) is 5.66. The second-order valence-electron chi connectivity index (χ2n) is 5.67. The summed E-state index contributed by atoms with van der Waals surface area (Å²) in [5.74, 6) is 0. The summed E-state index contributed by atoms with van der Waals surface area (Å²) in [4.78, 5) is 6.78. The van der Waals surface area contributed by atoms with Gasteiger partial charge in [0, 0.05) is 25.8 Å². The first-order chi connectivity index (χ1) is 6.96. The molecule has 3 nitrogen and oxygen atoms in total. The van der Waals surface area contributed by atoms with E-state index in [1.54, 1.807) is 0 Å². The van der Waals surface area contributed by atoms with Crippen molar-refractivity contribution in [3.63, 3.8) is 0 Å². The normalized spacial score (nSPS) is 20.6. The van der Waals surface area contributed by atoms with Crippen molar-refractivity contribution in [1.29, 1.82) is 0 Å². The van der Waals surface area contributed by atoms with Crippen LogP contribution in [0.25, 0.3) is 0 Å². The molecule has 1 aromatic heterocycles. The zero-order valence-corrected chi connectivity index (χ0v) is 10.2. The first kappa shape index (κ1) is 10.7. The molecule has 0 amide bonds. The number of aryl methyl sites for hydroxylation is 1. The highest BCUT2D eigenvalue weighted by atomic mass is 15.2. The van der Waals surface area contributed by atoms with Crippen molar-refractivity contribution in [2.45, 2.75) is 39.3 Å². The van der Waals surface area contributed by atoms with Gasteiger partial charge < -0.3 is 4.57 Å². The minimum Gasteiger partial charge on any atom is -0.340 e. The van der Waals surface area contributed by atoms with Crippen LogP contribution in [-0.2, 0) is 13.6 Å². The van der Waals surface area contributed by atoms with Crippen molar-refractivity contribution in [2.24, 2.45) is 12.5 Å². The molecule has 1 aromatic rings. The van der Waals surface area contributed by atoms with Gasteiger partial charge in [0.2, 0.25) is 0 Å². The predicted octanol–water partition coefficient (Wildman–Crippen LogP) is 2.04. The molecular weight excluding hydrogens is 186 g/mol. The van der Waals surface area contributed by atoms with E-state index in [-0.39, 0.29) is 0 Å². The Kier molecular flexibility index (Phi) is 2.59. The van der Waals surface area contributed by atoms with Gasteiger partial charge in [-0.2, -0.15) is 0 Å². The topological polar surface area (TPSA) is 21.1 Å². The maximum atomic E-state index is 4.35. The van der Waals surface area contributed by atoms with Crippen LogP contribution in [0.5, 0.6) is 0 Å². The molecule has 0 aromatic carbocycles. The molecule has 0 spiro atoms. The Bertz CT molecular complexity index is 332. The van der Waals surface area contributed by atoms with Crippen LogP contribution in [0, 0.1) is 5.41 Å². The molecule has 0 atom stereocenters. The van der Waals surface area contributed by atoms with E-state index in [9.17, 15) is 0 Å². The van der Waals surface area contributed by atoms with Crippen molar-refractivity contribution in [3.05, 3.63) is 18.2 Å². The maximum Gasteiger partial charge on any atom is 0.0947 e. The average molecular weight is 207 g/mol. The number of nitrogens with zero attached hydrogens (tertiary/aromatic N) is 3. The molecule has 0 N–H and O–H groups in total. The first-order valence-corrected chi connectivity index (χ1v) is 5.63. The molecule has 2 rings (SSSR count). The molecule has 0 radical (unpaired) electrons. The van der Waals surface area contributed by atoms with Gasteiger partial charge in [0.25, 0.3) is 0 Å². The third kappa shape index (κ3) is 2.40. The van der Waals surface area contributed by atoms with Crippen LogP contribution in [-0.4, -0.2) is 27.5 Å². The van der Waals surface area contributed by atoms with E-state index < -0.39 is 0 Å². The Morgan fingerprint density at radius 3 is 2.67 bits per heavy atom. The van der Waals surface area contributed by atoms with E-state index in [1.807, 2.05) is 17.9 Å². The maximum absolute atomic E-state index is 4.35. The highest BCUT2D eigenvalue weighted by Gasteiger charge is 2.38. The molecular formula is C12H21N3. The van der Waals surface area contributed by atoms with Gasteiger partial charge in [-0.25, -0.2) is 4.98 Å². The second-order valence-corrected chi connectivity index (χ2v) is 5.67. The fraction of sp³-hybridized carbons (Fsp3) is 0.750. The average Bonchev–Trinajstić information content (AvgIpc) is 2.46. The largest absolute Gasteiger partial charge is 0.340 e. The summed E-state index contributed by atoms with van der Waals surface area (Å²) >= 11 is 0. The minimum atomic E-state index is 0.559. The van der Waals surface area contributed by atoms with Crippen molar-refractivity contribution in [2.75, 3.05) is 7.05 Å². The van der Waals surface area contributed by atoms with Gasteiger partial charge in [-0.1, -0.05) is 13.8 Å². The Morgan fingerprint density at radius 1 is 1.53 bits per heavy atom. The van der Waals surface area contributed by atoms with Crippen molar-refractivity contribution in [1.82, 2.24) is 14.5 Å². The van der Waals surface area contributed by atoms with Crippen LogP contribution in [0.3, 0.4) is 0 Å². The Morgan fingerprint density at radius 2 is 2.20 bits per heavy atom. The highest BCUT2D eigenvalue weighted by molar-refractivity contribution is 4.99. The van der Waals surface area contributed by atoms with Gasteiger partial charge >= 0.3 is 0 Å². The molecule has 1 saturated carbocycles. The molecule has 0 unspecified atom stereocenters. The molecule has 1 aliphatic rings. The number of imidazole rings is 1. The lowest BCUT2D eigenvalue weighted by Gasteiger charge is -2.47. The van der Waals surface area contributed by atoms with E-state index in [0.29, 0.717) is 5.41 Å². The molecule has 1 heterocycles. The Labute approximate surface area is 92.1 Å². The quantitative estimate of drug-likeness (QED) is 0.756. The molecule has 1 aliphatic carbocycles. The Hall–Kier alpha value is -0.830. The van der Waals surface area contributed by atoms with Crippen LogP contribution in [0.15, 0.2) is 12.5 Å². The summed E-state index contributed by atoms with van der Waals surface area (Å²) in [6, 6.07) is 0.752. The molecule has 0 saturated heterocycles. The molecule has 0 bridgehead atoms. The number of hydrogen-bond acceptors (Lipinski definition) is 2. The smallest absolute Gasteiger partial charge is 0.0947 e. The monoisotopic (exact) mass is 207 g/mol. The van der Waals surface area contributed by atoms with Gasteiger partial charge in [-0.3, -0.25) is 4.90 Å². The van der Waals surface area contributed by atoms with Crippen LogP contribution in [0.1, 0.15) is 32.4 Å². The summed E-state index contributed by atoms with van der Waals surface area (Å²) in [5.41, 5.74) is 1.73. The fourth-order valence-corrected chi connectivity index (χ4v) is 2.46. The lowest BCUT2D eigenvalue weighted by Crippen LogP contribution is -2.46. The molecule has 1 fully saturated rings. The van der Waals surface area contributed by atoms with Crippen LogP contribution >= 0.6 is 0 Å². The lowest BCUT2D eigenvalue weighted by molar-refractivity contribution is 0.0368. The first-order valence-electron chi connectivity index (χ1n) is 5.63. The fourth-order valence-electron chi connectivity index (χ4n) is 2.46. The molecule has 0 aliphatic heterocycles. The third-order valence-corrected chi connectivity index (χ3v) is 3.37. The van der Waals surface area contributed by atoms with Crippen molar-refractivity contribution < 1.29 is 0 Å². The summed E-state index contributed by atoms with van der Waals surface area (Å²) in [6.07, 6.45) is 6.60. The number of aromatic nitrogens is 2. The van der Waals surface area contributed by atoms with Gasteiger partial charge in [0.15, 0.2) is 0 Å². The summed E-state index contributed by atoms with van der Waals surface area (Å²) < 4.78 is 2.01. The molecule has 15 heavy (non-hydrogen) atoms. The molecule has 3 heteroatoms. The number of rotatable bonds is 3. The van der Waals surface area contributed by atoms with Crippen LogP contribution in [0.2, 0.25) is 0 Å². The van der Waals surface area contributed by atoms with E-state index in [0.717, 1.165) is 12.6 Å². The Balaban J connectivity index is 1.86. The predicted molar refractivity (Wildman–Crippen MR) is 61.5 cm³/mol. The third-order valence-electron chi connectivity index (χ3n) is 3.37. The lowest BCUT2D eigenvalue weighted by atomic mass is 9.68. The summed E-state index contributed by atoms with van der Waals surface area (Å²) in [5, 5.41) is 0. The van der Waals surface area contributed by atoms with Gasteiger partial charge in [-0.15, -0.1) is 0 Å². The van der Waals surface area contributed by atoms with Crippen LogP contribution in [0.4, 0.5) is 0 Å². The van der Waals surface area contributed by atoms with E-state index >= 15 is 0 Å². The van der Waals surface area contributed by atoms with Crippen molar-refractivity contribution in [3.8, 4) is 0 Å². The zero-order valence-electron chi connectivity index (χ0n) is 10.2. The van der Waals surface area contributed by atoms with E-state index in [2.05, 4.69) is 37.0 Å². The van der Waals surface area contributed by atoms with Gasteiger partial charge in [0.05, 0.1) is 12.0 Å². The van der Waals surface area contributed by atoms with Crippen LogP contribution < -0.4 is 0 Å². The number of hydrogen-bond donors (Lipinski definition) is 0. The standard InChI is InChI=1S/C12H21N3/c1-12(2)5-11(6-12)15(4)8-10-7-14(3)9-13-10/h7,9,11H,5-6,8H2,1-4H3. The highest BCUT2D eigenvalue weighted by Crippen LogP contribution is 2.42. The SMILES string of the molecule is CN(Cc1cn(C)cn1)C1CC(C)(C)C1. The molecule has 84 valence electrons. The van der Waals surface area contributed by atoms with E-state index in [1.165, 1.54) is 18.5 Å². The van der Waals surface area contributed by atoms with Crippen molar-refractivity contribution >= 4 is 0 Å². The zero-order chi connectivity index (χ0) is 11.1.